The van der Waals surface area contributed by atoms with Crippen LogP contribution in [0.15, 0.2) is 24.3 Å². The van der Waals surface area contributed by atoms with Gasteiger partial charge in [0.05, 0.1) is 16.5 Å². The summed E-state index contributed by atoms with van der Waals surface area (Å²) in [6, 6.07) is 3.58. The minimum atomic E-state index is -3.13. The first-order valence-corrected chi connectivity index (χ1v) is 10.7. The molecule has 1 amide bonds. The minimum Gasteiger partial charge on any atom is -0.449 e. The summed E-state index contributed by atoms with van der Waals surface area (Å²) in [7, 11) is -3.13. The molecule has 1 aliphatic heterocycles. The SMILES string of the molecule is CCN(C(=O)[C@H](C)OC(=O)/C=C/c1ccc(F)c(Cl)c1)[C@@H]1CCS(=O)(=O)C1. The Balaban J connectivity index is 1.96. The number of amides is 1. The van der Waals surface area contributed by atoms with E-state index in [9.17, 15) is 22.4 Å². The second-order valence-corrected chi connectivity index (χ2v) is 8.90. The van der Waals surface area contributed by atoms with Crippen LogP contribution >= 0.6 is 11.6 Å². The number of rotatable bonds is 6. The van der Waals surface area contributed by atoms with Gasteiger partial charge >= 0.3 is 5.97 Å². The van der Waals surface area contributed by atoms with Crippen molar-refractivity contribution >= 4 is 39.4 Å². The average Bonchev–Trinajstić information content (AvgIpc) is 2.96. The number of likely N-dealkylation sites (N-methyl/N-ethyl adjacent to an activating group) is 1. The molecule has 2 atom stereocenters. The van der Waals surface area contributed by atoms with Crippen molar-refractivity contribution < 1.29 is 27.1 Å². The van der Waals surface area contributed by atoms with E-state index in [1.807, 2.05) is 0 Å². The first-order chi connectivity index (χ1) is 12.6. The van der Waals surface area contributed by atoms with E-state index >= 15 is 0 Å². The smallest absolute Gasteiger partial charge is 0.331 e. The molecule has 0 spiro atoms. The van der Waals surface area contributed by atoms with Crippen LogP contribution in [0.4, 0.5) is 4.39 Å². The lowest BCUT2D eigenvalue weighted by Gasteiger charge is -2.29. The summed E-state index contributed by atoms with van der Waals surface area (Å²) >= 11 is 5.67. The standard InChI is InChI=1S/C18H21ClFNO5S/c1-3-21(14-8-9-27(24,25)11-14)18(23)12(2)26-17(22)7-5-13-4-6-16(20)15(19)10-13/h4-7,10,12,14H,3,8-9,11H2,1-2H3/b7-5+/t12-,14+/m0/s1. The number of nitrogens with zero attached hydrogens (tertiary/aromatic N) is 1. The molecular weight excluding hydrogens is 397 g/mol. The monoisotopic (exact) mass is 417 g/mol. The van der Waals surface area contributed by atoms with Gasteiger partial charge in [-0.05, 0) is 44.0 Å². The lowest BCUT2D eigenvalue weighted by atomic mass is 10.2. The topological polar surface area (TPSA) is 80.8 Å². The van der Waals surface area contributed by atoms with Crippen molar-refractivity contribution in [2.75, 3.05) is 18.1 Å². The molecule has 2 rings (SSSR count). The highest BCUT2D eigenvalue weighted by atomic mass is 35.5. The molecule has 1 aromatic carbocycles. The van der Waals surface area contributed by atoms with Gasteiger partial charge in [0.25, 0.3) is 5.91 Å². The molecule has 0 N–H and O–H groups in total. The Morgan fingerprint density at radius 1 is 1.44 bits per heavy atom. The highest BCUT2D eigenvalue weighted by Gasteiger charge is 2.36. The Kier molecular flexibility index (Phi) is 7.00. The summed E-state index contributed by atoms with van der Waals surface area (Å²) in [5.41, 5.74) is 0.503. The quantitative estimate of drug-likeness (QED) is 0.524. The Labute approximate surface area is 162 Å². The summed E-state index contributed by atoms with van der Waals surface area (Å²) < 4.78 is 41.5. The van der Waals surface area contributed by atoms with Crippen LogP contribution in [-0.4, -0.2) is 55.4 Å². The molecule has 1 saturated heterocycles. The van der Waals surface area contributed by atoms with Crippen LogP contribution in [0.1, 0.15) is 25.8 Å². The Morgan fingerprint density at radius 2 is 2.15 bits per heavy atom. The summed E-state index contributed by atoms with van der Waals surface area (Å²) in [6.07, 6.45) is 1.84. The van der Waals surface area contributed by atoms with Crippen LogP contribution < -0.4 is 0 Å². The molecule has 1 heterocycles. The minimum absolute atomic E-state index is 0.0541. The molecule has 6 nitrogen and oxygen atoms in total. The van der Waals surface area contributed by atoms with E-state index in [-0.39, 0.29) is 16.5 Å². The van der Waals surface area contributed by atoms with Gasteiger partial charge in [-0.25, -0.2) is 17.6 Å². The normalized spacial score (nSPS) is 19.8. The molecule has 0 aromatic heterocycles. The third-order valence-corrected chi connectivity index (χ3v) is 6.31. The van der Waals surface area contributed by atoms with E-state index in [0.29, 0.717) is 18.5 Å². The molecular formula is C18H21ClFNO5S. The molecule has 0 aliphatic carbocycles. The maximum Gasteiger partial charge on any atom is 0.331 e. The predicted octanol–water partition coefficient (Wildman–Crippen LogP) is 2.46. The molecule has 1 fully saturated rings. The van der Waals surface area contributed by atoms with Crippen molar-refractivity contribution in [3.05, 3.63) is 40.7 Å². The van der Waals surface area contributed by atoms with Crippen LogP contribution in [0.5, 0.6) is 0 Å². The van der Waals surface area contributed by atoms with Gasteiger partial charge in [0.1, 0.15) is 5.82 Å². The van der Waals surface area contributed by atoms with Gasteiger partial charge in [-0.15, -0.1) is 0 Å². The molecule has 0 radical (unpaired) electrons. The van der Waals surface area contributed by atoms with E-state index in [0.717, 1.165) is 6.08 Å². The van der Waals surface area contributed by atoms with E-state index in [2.05, 4.69) is 0 Å². The van der Waals surface area contributed by atoms with Crippen molar-refractivity contribution in [2.45, 2.75) is 32.4 Å². The summed E-state index contributed by atoms with van der Waals surface area (Å²) in [6.45, 7) is 3.51. The van der Waals surface area contributed by atoms with Crippen molar-refractivity contribution in [2.24, 2.45) is 0 Å². The third kappa shape index (κ3) is 5.77. The molecule has 148 valence electrons. The van der Waals surface area contributed by atoms with E-state index < -0.39 is 39.7 Å². The zero-order valence-corrected chi connectivity index (χ0v) is 16.6. The number of halogens is 2. The maximum atomic E-state index is 13.1. The van der Waals surface area contributed by atoms with Gasteiger partial charge in [-0.2, -0.15) is 0 Å². The summed E-state index contributed by atoms with van der Waals surface area (Å²) in [5.74, 6) is -1.77. The lowest BCUT2D eigenvalue weighted by Crippen LogP contribution is -2.46. The maximum absolute atomic E-state index is 13.1. The van der Waals surface area contributed by atoms with Gasteiger partial charge in [0, 0.05) is 18.7 Å². The summed E-state index contributed by atoms with van der Waals surface area (Å²) in [4.78, 5) is 25.9. The highest BCUT2D eigenvalue weighted by Crippen LogP contribution is 2.19. The Hall–Kier alpha value is -1.93. The molecule has 9 heteroatoms. The van der Waals surface area contributed by atoms with Crippen molar-refractivity contribution in [1.82, 2.24) is 4.90 Å². The lowest BCUT2D eigenvalue weighted by molar-refractivity contribution is -0.156. The molecule has 0 unspecified atom stereocenters. The van der Waals surface area contributed by atoms with Gasteiger partial charge in [0.2, 0.25) is 0 Å². The number of esters is 1. The second-order valence-electron chi connectivity index (χ2n) is 6.27. The fourth-order valence-corrected chi connectivity index (χ4v) is 4.81. The van der Waals surface area contributed by atoms with Crippen molar-refractivity contribution in [3.63, 3.8) is 0 Å². The number of sulfone groups is 1. The van der Waals surface area contributed by atoms with Gasteiger partial charge in [0.15, 0.2) is 15.9 Å². The zero-order valence-electron chi connectivity index (χ0n) is 15.0. The van der Waals surface area contributed by atoms with Crippen LogP contribution in [0.25, 0.3) is 6.08 Å². The van der Waals surface area contributed by atoms with Gasteiger partial charge in [-0.1, -0.05) is 17.7 Å². The van der Waals surface area contributed by atoms with E-state index in [1.54, 1.807) is 6.92 Å². The van der Waals surface area contributed by atoms with Crippen molar-refractivity contribution in [3.8, 4) is 0 Å². The number of carbonyl (C=O) groups is 2. The summed E-state index contributed by atoms with van der Waals surface area (Å²) in [5, 5.41) is -0.0702. The van der Waals surface area contributed by atoms with Gasteiger partial charge in [-0.3, -0.25) is 4.79 Å². The molecule has 27 heavy (non-hydrogen) atoms. The highest BCUT2D eigenvalue weighted by molar-refractivity contribution is 7.91. The van der Waals surface area contributed by atoms with Crippen LogP contribution in [-0.2, 0) is 24.2 Å². The fraction of sp³-hybridized carbons (Fsp3) is 0.444. The fourth-order valence-electron chi connectivity index (χ4n) is 2.89. The Morgan fingerprint density at radius 3 is 2.70 bits per heavy atom. The first-order valence-electron chi connectivity index (χ1n) is 8.47. The number of hydrogen-bond acceptors (Lipinski definition) is 5. The van der Waals surface area contributed by atoms with Gasteiger partial charge < -0.3 is 9.64 Å². The largest absolute Gasteiger partial charge is 0.449 e. The zero-order chi connectivity index (χ0) is 20.2. The number of hydrogen-bond donors (Lipinski definition) is 0. The first kappa shape index (κ1) is 21.4. The molecule has 0 saturated carbocycles. The van der Waals surface area contributed by atoms with Crippen molar-refractivity contribution in [1.29, 1.82) is 0 Å². The average molecular weight is 418 g/mol. The number of benzene rings is 1. The number of carbonyl (C=O) groups excluding carboxylic acids is 2. The molecule has 0 bridgehead atoms. The molecule has 1 aromatic rings. The Bertz CT molecular complexity index is 855. The van der Waals surface area contributed by atoms with E-state index in [4.69, 9.17) is 16.3 Å². The third-order valence-electron chi connectivity index (χ3n) is 4.27. The predicted molar refractivity (Wildman–Crippen MR) is 100 cm³/mol. The van der Waals surface area contributed by atoms with Crippen LogP contribution in [0.2, 0.25) is 5.02 Å². The number of ether oxygens (including phenoxy) is 1. The van der Waals surface area contributed by atoms with E-state index in [1.165, 1.54) is 36.1 Å². The van der Waals surface area contributed by atoms with Crippen LogP contribution in [0, 0.1) is 5.82 Å². The van der Waals surface area contributed by atoms with Crippen LogP contribution in [0.3, 0.4) is 0 Å². The second kappa shape index (κ2) is 8.84. The molecule has 1 aliphatic rings.